The van der Waals surface area contributed by atoms with Gasteiger partial charge in [-0.15, -0.1) is 0 Å². The number of hydrogen-bond acceptors (Lipinski definition) is 2. The van der Waals surface area contributed by atoms with Gasteiger partial charge >= 0.3 is 0 Å². The summed E-state index contributed by atoms with van der Waals surface area (Å²) in [5, 5.41) is 18.1. The van der Waals surface area contributed by atoms with E-state index in [0.717, 1.165) is 0 Å². The Morgan fingerprint density at radius 2 is 2.00 bits per heavy atom. The van der Waals surface area contributed by atoms with E-state index in [1.54, 1.807) is 19.1 Å². The molecular formula is C9H18O2. The van der Waals surface area contributed by atoms with Crippen molar-refractivity contribution in [3.8, 4) is 0 Å². The van der Waals surface area contributed by atoms with Gasteiger partial charge in [0, 0.05) is 6.61 Å². The fourth-order valence-electron chi connectivity index (χ4n) is 0.589. The molecule has 0 spiro atoms. The maximum atomic E-state index is 9.65. The summed E-state index contributed by atoms with van der Waals surface area (Å²) in [6, 6.07) is 0. The van der Waals surface area contributed by atoms with Gasteiger partial charge in [-0.05, 0) is 19.3 Å². The molecule has 0 aromatic heterocycles. The van der Waals surface area contributed by atoms with Crippen LogP contribution in [0.1, 0.15) is 27.2 Å². The summed E-state index contributed by atoms with van der Waals surface area (Å²) < 4.78 is 0. The molecule has 66 valence electrons. The molecule has 0 aliphatic rings. The van der Waals surface area contributed by atoms with Gasteiger partial charge in [0.2, 0.25) is 0 Å². The lowest BCUT2D eigenvalue weighted by Crippen LogP contribution is -2.27. The van der Waals surface area contributed by atoms with Crippen LogP contribution in [-0.4, -0.2) is 22.4 Å². The largest absolute Gasteiger partial charge is 0.396 e. The summed E-state index contributed by atoms with van der Waals surface area (Å²) in [5.41, 5.74) is -0.741. The topological polar surface area (TPSA) is 40.5 Å². The lowest BCUT2D eigenvalue weighted by molar-refractivity contribution is 0.0622. The first kappa shape index (κ1) is 10.7. The molecule has 11 heavy (non-hydrogen) atoms. The van der Waals surface area contributed by atoms with Crippen LogP contribution in [0.3, 0.4) is 0 Å². The Hall–Kier alpha value is -0.340. The van der Waals surface area contributed by atoms with E-state index in [4.69, 9.17) is 5.11 Å². The minimum atomic E-state index is -0.741. The lowest BCUT2D eigenvalue weighted by Gasteiger charge is -2.23. The Bertz CT molecular complexity index is 126. The quantitative estimate of drug-likeness (QED) is 0.606. The summed E-state index contributed by atoms with van der Waals surface area (Å²) in [4.78, 5) is 0. The Morgan fingerprint density at radius 3 is 2.36 bits per heavy atom. The average molecular weight is 158 g/mol. The second-order valence-electron chi connectivity index (χ2n) is 3.30. The van der Waals surface area contributed by atoms with Crippen molar-refractivity contribution in [3.63, 3.8) is 0 Å². The van der Waals surface area contributed by atoms with Crippen molar-refractivity contribution in [1.82, 2.24) is 0 Å². The van der Waals surface area contributed by atoms with Crippen molar-refractivity contribution in [2.24, 2.45) is 5.92 Å². The van der Waals surface area contributed by atoms with Gasteiger partial charge in [-0.1, -0.05) is 26.0 Å². The smallest absolute Gasteiger partial charge is 0.0822 e. The van der Waals surface area contributed by atoms with Gasteiger partial charge in [0.05, 0.1) is 5.60 Å². The Morgan fingerprint density at radius 1 is 1.45 bits per heavy atom. The highest BCUT2D eigenvalue weighted by Gasteiger charge is 2.20. The molecule has 0 aromatic rings. The van der Waals surface area contributed by atoms with Crippen LogP contribution in [-0.2, 0) is 0 Å². The molecule has 0 amide bonds. The van der Waals surface area contributed by atoms with E-state index in [1.807, 2.05) is 13.8 Å². The molecule has 0 bridgehead atoms. The third-order valence-corrected chi connectivity index (χ3v) is 1.92. The van der Waals surface area contributed by atoms with Gasteiger partial charge in [0.15, 0.2) is 0 Å². The zero-order chi connectivity index (χ0) is 8.91. The van der Waals surface area contributed by atoms with Crippen molar-refractivity contribution in [2.75, 3.05) is 6.61 Å². The summed E-state index contributed by atoms with van der Waals surface area (Å²) in [6.45, 7) is 5.84. The summed E-state index contributed by atoms with van der Waals surface area (Å²) in [7, 11) is 0. The minimum Gasteiger partial charge on any atom is -0.396 e. The van der Waals surface area contributed by atoms with Crippen molar-refractivity contribution in [1.29, 1.82) is 0 Å². The van der Waals surface area contributed by atoms with Crippen LogP contribution in [0.15, 0.2) is 12.2 Å². The Kier molecular flexibility index (Phi) is 4.38. The monoisotopic (exact) mass is 158 g/mol. The van der Waals surface area contributed by atoms with Crippen LogP contribution in [0.4, 0.5) is 0 Å². The van der Waals surface area contributed by atoms with E-state index in [2.05, 4.69) is 0 Å². The van der Waals surface area contributed by atoms with E-state index >= 15 is 0 Å². The first-order valence-corrected chi connectivity index (χ1v) is 4.01. The highest BCUT2D eigenvalue weighted by atomic mass is 16.3. The molecule has 0 aliphatic heterocycles. The molecule has 2 N–H and O–H groups in total. The average Bonchev–Trinajstić information content (AvgIpc) is 1.88. The van der Waals surface area contributed by atoms with Crippen molar-refractivity contribution in [2.45, 2.75) is 32.8 Å². The molecule has 2 nitrogen and oxygen atoms in total. The van der Waals surface area contributed by atoms with Gasteiger partial charge in [0.25, 0.3) is 0 Å². The van der Waals surface area contributed by atoms with E-state index in [-0.39, 0.29) is 12.5 Å². The van der Waals surface area contributed by atoms with Gasteiger partial charge in [-0.3, -0.25) is 0 Å². The first-order chi connectivity index (χ1) is 5.00. The number of rotatable bonds is 4. The van der Waals surface area contributed by atoms with Crippen LogP contribution < -0.4 is 0 Å². The molecule has 0 aromatic carbocycles. The van der Waals surface area contributed by atoms with Crippen LogP contribution >= 0.6 is 0 Å². The lowest BCUT2D eigenvalue weighted by atomic mass is 9.92. The maximum Gasteiger partial charge on any atom is 0.0822 e. The van der Waals surface area contributed by atoms with Crippen molar-refractivity contribution < 1.29 is 10.2 Å². The predicted octanol–water partition coefficient (Wildman–Crippen LogP) is 1.33. The van der Waals surface area contributed by atoms with Crippen LogP contribution in [0, 0.1) is 5.92 Å². The molecule has 1 unspecified atom stereocenters. The Labute approximate surface area is 68.6 Å². The molecule has 0 aliphatic carbocycles. The highest BCUT2D eigenvalue weighted by Crippen LogP contribution is 2.17. The third-order valence-electron chi connectivity index (χ3n) is 1.92. The molecule has 0 saturated heterocycles. The molecule has 2 heteroatoms. The molecule has 1 atom stereocenters. The summed E-state index contributed by atoms with van der Waals surface area (Å²) in [5.74, 6) is 0.206. The normalized spacial score (nSPS) is 17.6. The molecule has 0 saturated carbocycles. The molecule has 0 rings (SSSR count). The first-order valence-electron chi connectivity index (χ1n) is 4.01. The third kappa shape index (κ3) is 4.17. The molecule has 0 radical (unpaired) electrons. The van der Waals surface area contributed by atoms with Gasteiger partial charge in [-0.25, -0.2) is 0 Å². The molecular weight excluding hydrogens is 140 g/mol. The van der Waals surface area contributed by atoms with Crippen molar-refractivity contribution >= 4 is 0 Å². The zero-order valence-corrected chi connectivity index (χ0v) is 7.54. The van der Waals surface area contributed by atoms with E-state index in [0.29, 0.717) is 6.42 Å². The Balaban J connectivity index is 3.90. The number of aliphatic hydroxyl groups is 2. The predicted molar refractivity (Wildman–Crippen MR) is 46.3 cm³/mol. The molecule has 0 heterocycles. The van der Waals surface area contributed by atoms with Gasteiger partial charge < -0.3 is 10.2 Å². The van der Waals surface area contributed by atoms with Crippen LogP contribution in [0.25, 0.3) is 0 Å². The second-order valence-corrected chi connectivity index (χ2v) is 3.30. The van der Waals surface area contributed by atoms with E-state index in [1.165, 1.54) is 0 Å². The van der Waals surface area contributed by atoms with E-state index < -0.39 is 5.60 Å². The standard InChI is InChI=1S/C9H18O2/c1-8(2)9(3,11)6-4-5-7-10/h4,6,8,10-11H,5,7H2,1-3H3. The number of hydrogen-bond donors (Lipinski definition) is 2. The fourth-order valence-corrected chi connectivity index (χ4v) is 0.589. The van der Waals surface area contributed by atoms with Gasteiger partial charge in [-0.2, -0.15) is 0 Å². The van der Waals surface area contributed by atoms with Gasteiger partial charge in [0.1, 0.15) is 0 Å². The van der Waals surface area contributed by atoms with Crippen molar-refractivity contribution in [3.05, 3.63) is 12.2 Å². The van der Waals surface area contributed by atoms with E-state index in [9.17, 15) is 5.11 Å². The zero-order valence-electron chi connectivity index (χ0n) is 7.54. The second kappa shape index (κ2) is 4.52. The minimum absolute atomic E-state index is 0.144. The fraction of sp³-hybridized carbons (Fsp3) is 0.778. The maximum absolute atomic E-state index is 9.65. The summed E-state index contributed by atoms with van der Waals surface area (Å²) >= 11 is 0. The molecule has 0 fully saturated rings. The summed E-state index contributed by atoms with van der Waals surface area (Å²) in [6.07, 6.45) is 4.16. The highest BCUT2D eigenvalue weighted by molar-refractivity contribution is 4.99. The number of aliphatic hydroxyl groups excluding tert-OH is 1. The van der Waals surface area contributed by atoms with Crippen LogP contribution in [0.2, 0.25) is 0 Å². The SMILES string of the molecule is CC(C)C(C)(O)C=CCCO. The van der Waals surface area contributed by atoms with Crippen LogP contribution in [0.5, 0.6) is 0 Å².